The fourth-order valence-electron chi connectivity index (χ4n) is 3.75. The van der Waals surface area contributed by atoms with E-state index < -0.39 is 11.5 Å². The first kappa shape index (κ1) is 16.8. The third-order valence-corrected chi connectivity index (χ3v) is 5.28. The molecule has 2 heterocycles. The van der Waals surface area contributed by atoms with Crippen LogP contribution < -0.4 is 15.6 Å². The van der Waals surface area contributed by atoms with Crippen molar-refractivity contribution in [2.75, 3.05) is 6.61 Å². The van der Waals surface area contributed by atoms with E-state index >= 15 is 0 Å². The van der Waals surface area contributed by atoms with Crippen molar-refractivity contribution >= 4 is 5.91 Å². The molecular formula is C20H22N2O4. The van der Waals surface area contributed by atoms with E-state index in [2.05, 4.69) is 16.4 Å². The molecule has 1 saturated carbocycles. The predicted octanol–water partition coefficient (Wildman–Crippen LogP) is 1.86. The number of fused-ring (bicyclic) bond motifs is 1. The zero-order valence-electron chi connectivity index (χ0n) is 14.6. The third-order valence-electron chi connectivity index (χ3n) is 5.28. The zero-order chi connectivity index (χ0) is 18.3. The van der Waals surface area contributed by atoms with Gasteiger partial charge in [0.25, 0.3) is 11.5 Å². The lowest BCUT2D eigenvalue weighted by atomic mass is 9.74. The number of aryl methyl sites for hydroxylation is 1. The number of aromatic nitrogens is 1. The first-order valence-corrected chi connectivity index (χ1v) is 8.96. The number of pyridine rings is 1. The molecule has 1 aliphatic heterocycles. The van der Waals surface area contributed by atoms with Crippen molar-refractivity contribution in [3.63, 3.8) is 0 Å². The van der Waals surface area contributed by atoms with E-state index in [9.17, 15) is 14.7 Å². The molecule has 1 aromatic heterocycles. The van der Waals surface area contributed by atoms with E-state index in [1.165, 1.54) is 0 Å². The molecule has 1 amide bonds. The molecule has 1 aliphatic carbocycles. The second-order valence-electron chi connectivity index (χ2n) is 7.19. The highest BCUT2D eigenvalue weighted by Crippen LogP contribution is 2.39. The van der Waals surface area contributed by atoms with Crippen LogP contribution in [0.5, 0.6) is 5.75 Å². The Balaban J connectivity index is 1.61. The molecule has 26 heavy (non-hydrogen) atoms. The summed E-state index contributed by atoms with van der Waals surface area (Å²) in [5.41, 5.74) is 2.55. The van der Waals surface area contributed by atoms with Gasteiger partial charge < -0.3 is 20.1 Å². The maximum Gasteiger partial charge on any atom is 0.260 e. The molecule has 0 saturated heterocycles. The molecule has 4 rings (SSSR count). The molecule has 3 N–H and O–H groups in total. The third kappa shape index (κ3) is 3.12. The van der Waals surface area contributed by atoms with Gasteiger partial charge >= 0.3 is 0 Å². The molecule has 0 radical (unpaired) electrons. The normalized spacial score (nSPS) is 22.1. The minimum absolute atomic E-state index is 0.102. The van der Waals surface area contributed by atoms with Crippen LogP contribution in [0.3, 0.4) is 0 Å². The van der Waals surface area contributed by atoms with Gasteiger partial charge in [-0.15, -0.1) is 0 Å². The smallest absolute Gasteiger partial charge is 0.260 e. The lowest BCUT2D eigenvalue weighted by Gasteiger charge is -2.38. The Morgan fingerprint density at radius 2 is 2.12 bits per heavy atom. The van der Waals surface area contributed by atoms with Crippen molar-refractivity contribution in [3.05, 3.63) is 63.1 Å². The van der Waals surface area contributed by atoms with Crippen LogP contribution in [-0.2, 0) is 6.42 Å². The molecule has 1 fully saturated rings. The van der Waals surface area contributed by atoms with Crippen molar-refractivity contribution in [3.8, 4) is 5.75 Å². The van der Waals surface area contributed by atoms with E-state index in [1.807, 2.05) is 12.1 Å². The lowest BCUT2D eigenvalue weighted by molar-refractivity contribution is 0.0235. The van der Waals surface area contributed by atoms with E-state index in [0.717, 1.165) is 23.3 Å². The maximum atomic E-state index is 12.7. The van der Waals surface area contributed by atoms with Crippen LogP contribution in [0.25, 0.3) is 0 Å². The minimum Gasteiger partial charge on any atom is -0.493 e. The van der Waals surface area contributed by atoms with Crippen LogP contribution in [0.4, 0.5) is 0 Å². The van der Waals surface area contributed by atoms with Gasteiger partial charge in [0.05, 0.1) is 18.8 Å². The second-order valence-corrected chi connectivity index (χ2v) is 7.19. The average molecular weight is 354 g/mol. The number of H-pyrrole nitrogens is 1. The molecule has 2 aromatic rings. The summed E-state index contributed by atoms with van der Waals surface area (Å²) in [7, 11) is 0. The number of benzene rings is 1. The van der Waals surface area contributed by atoms with Gasteiger partial charge in [0.1, 0.15) is 11.3 Å². The van der Waals surface area contributed by atoms with E-state index in [1.54, 1.807) is 19.1 Å². The summed E-state index contributed by atoms with van der Waals surface area (Å²) < 4.78 is 5.56. The Kier molecular flexibility index (Phi) is 4.28. The van der Waals surface area contributed by atoms with Crippen LogP contribution in [0.1, 0.15) is 46.1 Å². The van der Waals surface area contributed by atoms with Gasteiger partial charge in [-0.2, -0.15) is 0 Å². The molecule has 6 nitrogen and oxygen atoms in total. The number of aromatic amines is 1. The summed E-state index contributed by atoms with van der Waals surface area (Å²) in [5.74, 6) is 0.649. The number of ether oxygens (including phenoxy) is 1. The number of hydrogen-bond donors (Lipinski definition) is 3. The number of aliphatic hydroxyl groups is 1. The summed E-state index contributed by atoms with van der Waals surface area (Å²) in [6, 6.07) is 8.98. The second kappa shape index (κ2) is 6.61. The van der Waals surface area contributed by atoms with E-state index in [0.29, 0.717) is 25.1 Å². The summed E-state index contributed by atoms with van der Waals surface area (Å²) in [5, 5.41) is 12.7. The van der Waals surface area contributed by atoms with Crippen molar-refractivity contribution in [1.82, 2.24) is 10.3 Å². The van der Waals surface area contributed by atoms with Crippen LogP contribution >= 0.6 is 0 Å². The van der Waals surface area contributed by atoms with Gasteiger partial charge in [0.15, 0.2) is 0 Å². The topological polar surface area (TPSA) is 91.4 Å². The quantitative estimate of drug-likeness (QED) is 0.782. The summed E-state index contributed by atoms with van der Waals surface area (Å²) in [6.45, 7) is 2.45. The van der Waals surface area contributed by atoms with Gasteiger partial charge in [-0.1, -0.05) is 6.07 Å². The SMILES string of the molecule is Cc1ccc(C(=O)NC(c2ccc3c(c2)CCO3)C2CC(O)C2)c(=O)[nH]1. The standard InChI is InChI=1S/C20H22N2O4/c1-11-2-4-16(19(24)21-11)20(25)22-18(14-9-15(23)10-14)13-3-5-17-12(8-13)6-7-26-17/h2-5,8,14-15,18,23H,6-7,9-10H2,1H3,(H,21,24)(H,22,25). The molecule has 136 valence electrons. The number of carbonyl (C=O) groups excluding carboxylic acids is 1. The lowest BCUT2D eigenvalue weighted by Crippen LogP contribution is -2.42. The molecule has 1 unspecified atom stereocenters. The number of rotatable bonds is 4. The highest BCUT2D eigenvalue weighted by Gasteiger charge is 2.36. The van der Waals surface area contributed by atoms with Crippen LogP contribution in [0, 0.1) is 12.8 Å². The number of hydrogen-bond acceptors (Lipinski definition) is 4. The average Bonchev–Trinajstić information content (AvgIpc) is 3.04. The monoisotopic (exact) mass is 354 g/mol. The summed E-state index contributed by atoms with van der Waals surface area (Å²) in [6.07, 6.45) is 1.82. The minimum atomic E-state index is -0.394. The first-order chi connectivity index (χ1) is 12.5. The number of aliphatic hydroxyl groups excluding tert-OH is 1. The molecule has 2 aliphatic rings. The molecule has 0 spiro atoms. The van der Waals surface area contributed by atoms with Crippen molar-refractivity contribution < 1.29 is 14.6 Å². The van der Waals surface area contributed by atoms with Gasteiger partial charge in [-0.05, 0) is 61.1 Å². The Hall–Kier alpha value is -2.60. The van der Waals surface area contributed by atoms with Gasteiger partial charge in [0, 0.05) is 12.1 Å². The van der Waals surface area contributed by atoms with E-state index in [-0.39, 0.29) is 23.6 Å². The molecule has 1 aromatic carbocycles. The molecule has 6 heteroatoms. The highest BCUT2D eigenvalue weighted by atomic mass is 16.5. The van der Waals surface area contributed by atoms with Gasteiger partial charge in [-0.25, -0.2) is 0 Å². The highest BCUT2D eigenvalue weighted by molar-refractivity contribution is 5.94. The van der Waals surface area contributed by atoms with E-state index in [4.69, 9.17) is 4.74 Å². The van der Waals surface area contributed by atoms with Gasteiger partial charge in [-0.3, -0.25) is 9.59 Å². The largest absolute Gasteiger partial charge is 0.493 e. The molecule has 0 bridgehead atoms. The van der Waals surface area contributed by atoms with Crippen LogP contribution in [0.2, 0.25) is 0 Å². The predicted molar refractivity (Wildman–Crippen MR) is 96.4 cm³/mol. The van der Waals surface area contributed by atoms with Crippen LogP contribution in [-0.4, -0.2) is 28.7 Å². The number of amides is 1. The molecular weight excluding hydrogens is 332 g/mol. The van der Waals surface area contributed by atoms with Crippen molar-refractivity contribution in [1.29, 1.82) is 0 Å². The number of carbonyl (C=O) groups is 1. The zero-order valence-corrected chi connectivity index (χ0v) is 14.6. The summed E-state index contributed by atoms with van der Waals surface area (Å²) in [4.78, 5) is 27.4. The Morgan fingerprint density at radius 3 is 2.85 bits per heavy atom. The molecule has 1 atom stereocenters. The maximum absolute atomic E-state index is 12.7. The van der Waals surface area contributed by atoms with Gasteiger partial charge in [0.2, 0.25) is 0 Å². The Labute approximate surface area is 151 Å². The number of nitrogens with one attached hydrogen (secondary N) is 2. The fraction of sp³-hybridized carbons (Fsp3) is 0.400. The summed E-state index contributed by atoms with van der Waals surface area (Å²) >= 11 is 0. The van der Waals surface area contributed by atoms with Crippen molar-refractivity contribution in [2.45, 2.75) is 38.3 Å². The van der Waals surface area contributed by atoms with Crippen molar-refractivity contribution in [2.24, 2.45) is 5.92 Å². The fourth-order valence-corrected chi connectivity index (χ4v) is 3.75. The Bertz CT molecular complexity index is 899. The Morgan fingerprint density at radius 1 is 1.31 bits per heavy atom. The first-order valence-electron chi connectivity index (χ1n) is 8.96. The van der Waals surface area contributed by atoms with Crippen LogP contribution in [0.15, 0.2) is 35.1 Å².